The molecule has 0 bridgehead atoms. The van der Waals surface area contributed by atoms with Gasteiger partial charge >= 0.3 is 5.91 Å². The van der Waals surface area contributed by atoms with Crippen molar-refractivity contribution in [2.24, 2.45) is 0 Å². The summed E-state index contributed by atoms with van der Waals surface area (Å²) in [5, 5.41) is 9.47. The minimum atomic E-state index is -4.68. The zero-order valence-corrected chi connectivity index (χ0v) is 11.1. The zero-order chi connectivity index (χ0) is 15.1. The van der Waals surface area contributed by atoms with Crippen molar-refractivity contribution in [3.63, 3.8) is 0 Å². The number of nitrogens with zero attached hydrogens (tertiary/aromatic N) is 2. The van der Waals surface area contributed by atoms with Gasteiger partial charge in [-0.25, -0.2) is 0 Å². The van der Waals surface area contributed by atoms with Gasteiger partial charge in [0.1, 0.15) is 0 Å². The Labute approximate surface area is 116 Å². The molecule has 0 saturated carbocycles. The summed E-state index contributed by atoms with van der Waals surface area (Å²) in [7, 11) is -4.68. The van der Waals surface area contributed by atoms with Crippen LogP contribution in [0.15, 0.2) is 24.3 Å². The summed E-state index contributed by atoms with van der Waals surface area (Å²) in [5.41, 5.74) is -0.302. The van der Waals surface area contributed by atoms with Gasteiger partial charge in [0.25, 0.3) is 20.9 Å². The highest BCUT2D eigenvalue weighted by Gasteiger charge is 2.47. The number of nitro benzene ring substituents is 1. The van der Waals surface area contributed by atoms with E-state index < -0.39 is 30.8 Å². The fourth-order valence-corrected chi connectivity index (χ4v) is 3.49. The van der Waals surface area contributed by atoms with E-state index in [2.05, 4.69) is 0 Å². The summed E-state index contributed by atoms with van der Waals surface area (Å²) in [6.45, 7) is 0. The molecule has 2 rings (SSSR count). The normalized spacial score (nSPS) is 19.4. The van der Waals surface area contributed by atoms with E-state index in [1.165, 1.54) is 0 Å². The molecule has 106 valence electrons. The van der Waals surface area contributed by atoms with Crippen LogP contribution >= 0.6 is 11.8 Å². The standard InChI is InChI=1S/C9H6N2O7S2/c12-7-8(13)19-9(20(16,17)18)10(7)5-1-3-6(4-2-5)11(14)15/h1-4,9H,(H,16,17,18). The monoisotopic (exact) mass is 318 g/mol. The lowest BCUT2D eigenvalue weighted by molar-refractivity contribution is -0.384. The maximum Gasteiger partial charge on any atom is 0.307 e. The molecule has 1 aliphatic rings. The number of carbonyl (C=O) groups is 2. The van der Waals surface area contributed by atoms with Gasteiger partial charge in [-0.1, -0.05) is 0 Å². The number of rotatable bonds is 3. The highest BCUT2D eigenvalue weighted by atomic mass is 32.3. The molecule has 9 nitrogen and oxygen atoms in total. The molecule has 0 aromatic heterocycles. The Morgan fingerprint density at radius 1 is 1.25 bits per heavy atom. The predicted octanol–water partition coefficient (Wildman–Crippen LogP) is 0.373. The van der Waals surface area contributed by atoms with Crippen LogP contribution in [0.4, 0.5) is 11.4 Å². The molecule has 1 aliphatic heterocycles. The first-order valence-corrected chi connectivity index (χ1v) is 7.35. The third kappa shape index (κ3) is 2.50. The second-order valence-corrected chi connectivity index (χ2v) is 6.50. The van der Waals surface area contributed by atoms with Crippen molar-refractivity contribution >= 4 is 44.3 Å². The summed E-state index contributed by atoms with van der Waals surface area (Å²) in [4.78, 5) is 33.3. The van der Waals surface area contributed by atoms with E-state index in [4.69, 9.17) is 4.55 Å². The zero-order valence-electron chi connectivity index (χ0n) is 9.49. The van der Waals surface area contributed by atoms with Crippen molar-refractivity contribution in [2.75, 3.05) is 4.90 Å². The minimum Gasteiger partial charge on any atom is -0.283 e. The average molecular weight is 318 g/mol. The van der Waals surface area contributed by atoms with Crippen LogP contribution < -0.4 is 4.90 Å². The van der Waals surface area contributed by atoms with E-state index in [0.717, 1.165) is 24.3 Å². The van der Waals surface area contributed by atoms with E-state index in [1.54, 1.807) is 0 Å². The van der Waals surface area contributed by atoms with Crippen LogP contribution in [0, 0.1) is 10.1 Å². The molecule has 0 radical (unpaired) electrons. The largest absolute Gasteiger partial charge is 0.307 e. The Hall–Kier alpha value is -1.98. The van der Waals surface area contributed by atoms with E-state index >= 15 is 0 Å². The predicted molar refractivity (Wildman–Crippen MR) is 68.5 cm³/mol. The molecular formula is C9H6N2O7S2. The molecule has 1 atom stereocenters. The van der Waals surface area contributed by atoms with Crippen LogP contribution in [0.5, 0.6) is 0 Å². The highest BCUT2D eigenvalue weighted by molar-refractivity contribution is 8.24. The van der Waals surface area contributed by atoms with Crippen LogP contribution in [0.3, 0.4) is 0 Å². The Kier molecular flexibility index (Phi) is 3.50. The fraction of sp³-hybridized carbons (Fsp3) is 0.111. The smallest absolute Gasteiger partial charge is 0.283 e. The van der Waals surface area contributed by atoms with Crippen molar-refractivity contribution in [3.05, 3.63) is 34.4 Å². The number of non-ortho nitro benzene ring substituents is 1. The third-order valence-corrected chi connectivity index (χ3v) is 4.95. The first kappa shape index (κ1) is 14.4. The van der Waals surface area contributed by atoms with E-state index in [1.807, 2.05) is 0 Å². The molecule has 20 heavy (non-hydrogen) atoms. The number of benzene rings is 1. The number of hydrogen-bond acceptors (Lipinski definition) is 7. The van der Waals surface area contributed by atoms with Crippen LogP contribution in [0.2, 0.25) is 0 Å². The molecule has 1 saturated heterocycles. The lowest BCUT2D eigenvalue weighted by Crippen LogP contribution is -2.38. The summed E-state index contributed by atoms with van der Waals surface area (Å²) < 4.78 is 29.6. The first-order valence-electron chi connectivity index (χ1n) is 4.97. The molecule has 0 aliphatic carbocycles. The number of amides is 1. The van der Waals surface area contributed by atoms with Gasteiger partial charge in [-0.2, -0.15) is 8.42 Å². The quantitative estimate of drug-likeness (QED) is 0.365. The van der Waals surface area contributed by atoms with Crippen LogP contribution in [-0.2, 0) is 19.7 Å². The number of thioether (sulfide) groups is 1. The summed E-state index contributed by atoms with van der Waals surface area (Å²) in [6.07, 6.45) is 0. The summed E-state index contributed by atoms with van der Waals surface area (Å²) in [5.74, 6) is -1.12. The van der Waals surface area contributed by atoms with Crippen molar-refractivity contribution in [3.8, 4) is 0 Å². The lowest BCUT2D eigenvalue weighted by Gasteiger charge is -2.20. The second-order valence-electron chi connectivity index (χ2n) is 3.68. The van der Waals surface area contributed by atoms with E-state index in [0.29, 0.717) is 4.90 Å². The van der Waals surface area contributed by atoms with Gasteiger partial charge < -0.3 is 0 Å². The molecule has 1 fully saturated rings. The third-order valence-electron chi connectivity index (χ3n) is 2.41. The van der Waals surface area contributed by atoms with Crippen molar-refractivity contribution in [1.82, 2.24) is 0 Å². The first-order chi connectivity index (χ1) is 9.21. The average Bonchev–Trinajstić information content (AvgIpc) is 2.66. The van der Waals surface area contributed by atoms with Crippen molar-refractivity contribution < 1.29 is 27.5 Å². The Bertz CT molecular complexity index is 698. The molecule has 1 N–H and O–H groups in total. The molecule has 1 unspecified atom stereocenters. The van der Waals surface area contributed by atoms with Crippen molar-refractivity contribution in [2.45, 2.75) is 4.71 Å². The molecule has 1 heterocycles. The van der Waals surface area contributed by atoms with Gasteiger partial charge in [0.15, 0.2) is 0 Å². The fourth-order valence-electron chi connectivity index (χ4n) is 1.56. The van der Waals surface area contributed by atoms with Crippen molar-refractivity contribution in [1.29, 1.82) is 0 Å². The Balaban J connectivity index is 2.45. The SMILES string of the molecule is O=C1SC(S(=O)(=O)O)N(c2ccc([N+](=O)[O-])cc2)C1=O. The van der Waals surface area contributed by atoms with Crippen LogP contribution in [-0.4, -0.2) is 33.6 Å². The minimum absolute atomic E-state index is 0.0402. The van der Waals surface area contributed by atoms with Crippen LogP contribution in [0.1, 0.15) is 0 Å². The maximum atomic E-state index is 11.6. The number of anilines is 1. The summed E-state index contributed by atoms with van der Waals surface area (Å²) in [6, 6.07) is 4.34. The Morgan fingerprint density at radius 3 is 2.25 bits per heavy atom. The number of carbonyl (C=O) groups excluding carboxylic acids is 2. The van der Waals surface area contributed by atoms with Gasteiger partial charge in [0.2, 0.25) is 4.71 Å². The molecule has 1 amide bonds. The molecule has 1 aromatic rings. The summed E-state index contributed by atoms with van der Waals surface area (Å²) >= 11 is 0.160. The number of nitro groups is 1. The Morgan fingerprint density at radius 2 is 1.80 bits per heavy atom. The van der Waals surface area contributed by atoms with Gasteiger partial charge in [-0.3, -0.25) is 29.2 Å². The van der Waals surface area contributed by atoms with E-state index in [-0.39, 0.29) is 23.1 Å². The van der Waals surface area contributed by atoms with Gasteiger partial charge in [0, 0.05) is 17.8 Å². The second kappa shape index (κ2) is 4.85. The van der Waals surface area contributed by atoms with E-state index in [9.17, 15) is 28.1 Å². The molecule has 1 aromatic carbocycles. The maximum absolute atomic E-state index is 11.6. The number of hydrogen-bond donors (Lipinski definition) is 1. The van der Waals surface area contributed by atoms with Gasteiger partial charge in [-0.05, 0) is 23.9 Å². The lowest BCUT2D eigenvalue weighted by atomic mass is 10.2. The topological polar surface area (TPSA) is 135 Å². The molecule has 11 heteroatoms. The molecular weight excluding hydrogens is 312 g/mol. The van der Waals surface area contributed by atoms with Gasteiger partial charge in [0.05, 0.1) is 4.92 Å². The molecule has 0 spiro atoms. The highest BCUT2D eigenvalue weighted by Crippen LogP contribution is 2.35. The van der Waals surface area contributed by atoms with Gasteiger partial charge in [-0.15, -0.1) is 0 Å². The van der Waals surface area contributed by atoms with Crippen LogP contribution in [0.25, 0.3) is 0 Å².